The SMILES string of the molecule is CC(C)(CCl)C(=O)c1ccc(C(C)(C)C)cc1. The molecule has 0 fully saturated rings. The maximum Gasteiger partial charge on any atom is 0.169 e. The first kappa shape index (κ1) is 14.2. The van der Waals surface area contributed by atoms with Crippen LogP contribution in [-0.2, 0) is 5.41 Å². The molecule has 0 aliphatic carbocycles. The van der Waals surface area contributed by atoms with Gasteiger partial charge in [-0.25, -0.2) is 0 Å². The Kier molecular flexibility index (Phi) is 4.03. The Labute approximate surface area is 109 Å². The standard InChI is InChI=1S/C15H21ClO/c1-14(2,3)12-8-6-11(7-9-12)13(17)15(4,5)10-16/h6-9H,10H2,1-5H3. The summed E-state index contributed by atoms with van der Waals surface area (Å²) in [6.45, 7) is 10.2. The summed E-state index contributed by atoms with van der Waals surface area (Å²) in [5, 5.41) is 0. The van der Waals surface area contributed by atoms with E-state index >= 15 is 0 Å². The van der Waals surface area contributed by atoms with E-state index in [1.54, 1.807) is 0 Å². The van der Waals surface area contributed by atoms with Gasteiger partial charge in [0.2, 0.25) is 0 Å². The highest BCUT2D eigenvalue weighted by Gasteiger charge is 2.27. The molecule has 2 heteroatoms. The lowest BCUT2D eigenvalue weighted by Crippen LogP contribution is -2.26. The van der Waals surface area contributed by atoms with Gasteiger partial charge in [-0.05, 0) is 11.0 Å². The van der Waals surface area contributed by atoms with E-state index in [1.807, 2.05) is 38.1 Å². The van der Waals surface area contributed by atoms with Gasteiger partial charge in [-0.2, -0.15) is 0 Å². The highest BCUT2D eigenvalue weighted by atomic mass is 35.5. The number of alkyl halides is 1. The van der Waals surface area contributed by atoms with E-state index < -0.39 is 5.41 Å². The van der Waals surface area contributed by atoms with Gasteiger partial charge in [-0.3, -0.25) is 4.79 Å². The maximum atomic E-state index is 12.2. The van der Waals surface area contributed by atoms with Crippen LogP contribution in [0.1, 0.15) is 50.5 Å². The Morgan fingerprint density at radius 2 is 1.53 bits per heavy atom. The summed E-state index contributed by atoms with van der Waals surface area (Å²) >= 11 is 5.82. The molecule has 0 aliphatic rings. The summed E-state index contributed by atoms with van der Waals surface area (Å²) in [5.41, 5.74) is 1.59. The second-order valence-electron chi connectivity index (χ2n) is 6.17. The monoisotopic (exact) mass is 252 g/mol. The molecule has 0 atom stereocenters. The van der Waals surface area contributed by atoms with Crippen LogP contribution in [0.3, 0.4) is 0 Å². The predicted octanol–water partition coefficient (Wildman–Crippen LogP) is 4.43. The molecule has 0 unspecified atom stereocenters. The van der Waals surface area contributed by atoms with Gasteiger partial charge in [-0.1, -0.05) is 58.9 Å². The van der Waals surface area contributed by atoms with Crippen molar-refractivity contribution in [2.24, 2.45) is 5.41 Å². The number of carbonyl (C=O) groups excluding carboxylic acids is 1. The van der Waals surface area contributed by atoms with Crippen LogP contribution in [0.2, 0.25) is 0 Å². The molecule has 0 spiro atoms. The molecule has 0 saturated heterocycles. The minimum Gasteiger partial charge on any atom is -0.294 e. The fourth-order valence-electron chi connectivity index (χ4n) is 1.57. The summed E-state index contributed by atoms with van der Waals surface area (Å²) in [5.74, 6) is 0.445. The van der Waals surface area contributed by atoms with Crippen LogP contribution in [0.5, 0.6) is 0 Å². The summed E-state index contributed by atoms with van der Waals surface area (Å²) in [6.07, 6.45) is 0. The number of hydrogen-bond acceptors (Lipinski definition) is 1. The molecule has 1 nitrogen and oxygen atoms in total. The Morgan fingerprint density at radius 3 is 1.88 bits per heavy atom. The Morgan fingerprint density at radius 1 is 1.06 bits per heavy atom. The van der Waals surface area contributed by atoms with E-state index in [1.165, 1.54) is 5.56 Å². The molecule has 0 bridgehead atoms. The van der Waals surface area contributed by atoms with Gasteiger partial charge < -0.3 is 0 Å². The van der Waals surface area contributed by atoms with E-state index in [9.17, 15) is 4.79 Å². The zero-order valence-electron chi connectivity index (χ0n) is 11.3. The van der Waals surface area contributed by atoms with Gasteiger partial charge in [0, 0.05) is 16.9 Å². The maximum absolute atomic E-state index is 12.2. The number of ketones is 1. The van der Waals surface area contributed by atoms with Crippen LogP contribution in [0.4, 0.5) is 0 Å². The van der Waals surface area contributed by atoms with Gasteiger partial charge in [-0.15, -0.1) is 11.6 Å². The lowest BCUT2D eigenvalue weighted by atomic mass is 9.83. The highest BCUT2D eigenvalue weighted by Crippen LogP contribution is 2.26. The van der Waals surface area contributed by atoms with Crippen LogP contribution in [-0.4, -0.2) is 11.7 Å². The van der Waals surface area contributed by atoms with E-state index in [2.05, 4.69) is 20.8 Å². The van der Waals surface area contributed by atoms with Crippen molar-refractivity contribution in [2.75, 3.05) is 5.88 Å². The fourth-order valence-corrected chi connectivity index (χ4v) is 1.69. The summed E-state index contributed by atoms with van der Waals surface area (Å²) < 4.78 is 0. The van der Waals surface area contributed by atoms with E-state index in [4.69, 9.17) is 11.6 Å². The number of rotatable bonds is 3. The van der Waals surface area contributed by atoms with Gasteiger partial charge in [0.1, 0.15) is 0 Å². The van der Waals surface area contributed by atoms with Crippen LogP contribution >= 0.6 is 11.6 Å². The van der Waals surface area contributed by atoms with Crippen LogP contribution in [0, 0.1) is 5.41 Å². The molecule has 1 rings (SSSR count). The third-order valence-corrected chi connectivity index (χ3v) is 3.63. The minimum absolute atomic E-state index is 0.105. The van der Waals surface area contributed by atoms with E-state index in [-0.39, 0.29) is 11.2 Å². The van der Waals surface area contributed by atoms with Gasteiger partial charge in [0.15, 0.2) is 5.78 Å². The summed E-state index contributed by atoms with van der Waals surface area (Å²) in [6, 6.07) is 7.85. The predicted molar refractivity (Wildman–Crippen MR) is 74.0 cm³/mol. The summed E-state index contributed by atoms with van der Waals surface area (Å²) in [4.78, 5) is 12.2. The van der Waals surface area contributed by atoms with Crippen molar-refractivity contribution in [2.45, 2.75) is 40.0 Å². The largest absolute Gasteiger partial charge is 0.294 e. The first-order chi connectivity index (χ1) is 7.68. The zero-order valence-corrected chi connectivity index (χ0v) is 12.1. The molecule has 0 saturated carbocycles. The quantitative estimate of drug-likeness (QED) is 0.575. The van der Waals surface area contributed by atoms with Gasteiger partial charge in [0.25, 0.3) is 0 Å². The average Bonchev–Trinajstić information content (AvgIpc) is 2.27. The molecule has 1 aromatic rings. The normalized spacial score (nSPS) is 12.6. The molecule has 0 amide bonds. The van der Waals surface area contributed by atoms with Crippen molar-refractivity contribution in [3.63, 3.8) is 0 Å². The topological polar surface area (TPSA) is 17.1 Å². The number of carbonyl (C=O) groups is 1. The zero-order chi connectivity index (χ0) is 13.3. The first-order valence-electron chi connectivity index (χ1n) is 5.90. The first-order valence-corrected chi connectivity index (χ1v) is 6.43. The Bertz CT molecular complexity index is 396. The van der Waals surface area contributed by atoms with E-state index in [0.29, 0.717) is 5.88 Å². The fraction of sp³-hybridized carbons (Fsp3) is 0.533. The number of benzene rings is 1. The average molecular weight is 253 g/mol. The summed E-state index contributed by atoms with van der Waals surface area (Å²) in [7, 11) is 0. The molecule has 0 aromatic heterocycles. The molecular weight excluding hydrogens is 232 g/mol. The van der Waals surface area contributed by atoms with Gasteiger partial charge >= 0.3 is 0 Å². The second kappa shape index (κ2) is 4.81. The second-order valence-corrected chi connectivity index (χ2v) is 6.44. The lowest BCUT2D eigenvalue weighted by molar-refractivity contribution is 0.0862. The number of Topliss-reactive ketones (excluding diaryl/α,β-unsaturated/α-hetero) is 1. The van der Waals surface area contributed by atoms with Crippen molar-refractivity contribution in [3.05, 3.63) is 35.4 Å². The van der Waals surface area contributed by atoms with Crippen molar-refractivity contribution < 1.29 is 4.79 Å². The number of hydrogen-bond donors (Lipinski definition) is 0. The molecule has 1 aromatic carbocycles. The van der Waals surface area contributed by atoms with Crippen molar-refractivity contribution in [3.8, 4) is 0 Å². The smallest absolute Gasteiger partial charge is 0.169 e. The molecule has 0 radical (unpaired) electrons. The minimum atomic E-state index is -0.495. The van der Waals surface area contributed by atoms with Crippen LogP contribution < -0.4 is 0 Å². The Balaban J connectivity index is 3.00. The molecule has 17 heavy (non-hydrogen) atoms. The van der Waals surface area contributed by atoms with Crippen LogP contribution in [0.15, 0.2) is 24.3 Å². The highest BCUT2D eigenvalue weighted by molar-refractivity contribution is 6.20. The van der Waals surface area contributed by atoms with Crippen molar-refractivity contribution in [1.29, 1.82) is 0 Å². The number of halogens is 1. The third kappa shape index (κ3) is 3.32. The van der Waals surface area contributed by atoms with E-state index in [0.717, 1.165) is 5.56 Å². The molecule has 94 valence electrons. The van der Waals surface area contributed by atoms with Gasteiger partial charge in [0.05, 0.1) is 0 Å². The van der Waals surface area contributed by atoms with Crippen molar-refractivity contribution >= 4 is 17.4 Å². The van der Waals surface area contributed by atoms with Crippen LogP contribution in [0.25, 0.3) is 0 Å². The molecule has 0 heterocycles. The molecule has 0 N–H and O–H groups in total. The molecule has 0 aliphatic heterocycles. The Hall–Kier alpha value is -0.820. The molecular formula is C15H21ClO. The lowest BCUT2D eigenvalue weighted by Gasteiger charge is -2.22. The third-order valence-electron chi connectivity index (χ3n) is 2.96. The van der Waals surface area contributed by atoms with Crippen molar-refractivity contribution in [1.82, 2.24) is 0 Å².